The molecule has 1 unspecified atom stereocenters. The monoisotopic (exact) mass is 295 g/mol. The predicted molar refractivity (Wildman–Crippen MR) is 79.3 cm³/mol. The Morgan fingerprint density at radius 3 is 3.20 bits per heavy atom. The summed E-state index contributed by atoms with van der Waals surface area (Å²) >= 11 is 1.69. The molecular weight excluding hydrogens is 274 g/mol. The average molecular weight is 295 g/mol. The van der Waals surface area contributed by atoms with Crippen molar-refractivity contribution in [3.05, 3.63) is 23.0 Å². The van der Waals surface area contributed by atoms with Crippen LogP contribution in [0, 0.1) is 0 Å². The SMILES string of the molecule is COCC(O)CCNCc1c(C2CC2)nc2sccn12. The summed E-state index contributed by atoms with van der Waals surface area (Å²) in [7, 11) is 1.61. The number of thiazole rings is 1. The van der Waals surface area contributed by atoms with Gasteiger partial charge in [0.2, 0.25) is 0 Å². The number of aliphatic hydroxyl groups excluding tert-OH is 1. The third-order valence-corrected chi connectivity index (χ3v) is 4.42. The maximum Gasteiger partial charge on any atom is 0.194 e. The highest BCUT2D eigenvalue weighted by Gasteiger charge is 2.30. The van der Waals surface area contributed by atoms with Gasteiger partial charge in [-0.05, 0) is 25.8 Å². The summed E-state index contributed by atoms with van der Waals surface area (Å²) in [5, 5.41) is 15.1. The molecule has 1 atom stereocenters. The average Bonchev–Trinajstić information content (AvgIpc) is 3.07. The Balaban J connectivity index is 1.59. The van der Waals surface area contributed by atoms with Crippen LogP contribution in [0.25, 0.3) is 4.96 Å². The van der Waals surface area contributed by atoms with Crippen molar-refractivity contribution in [1.29, 1.82) is 0 Å². The Morgan fingerprint density at radius 1 is 1.60 bits per heavy atom. The molecule has 1 fully saturated rings. The second-order valence-electron chi connectivity index (χ2n) is 5.35. The van der Waals surface area contributed by atoms with Crippen LogP contribution in [0.15, 0.2) is 11.6 Å². The minimum atomic E-state index is -0.387. The van der Waals surface area contributed by atoms with Gasteiger partial charge in [-0.25, -0.2) is 4.98 Å². The lowest BCUT2D eigenvalue weighted by Crippen LogP contribution is -2.23. The molecule has 5 nitrogen and oxygen atoms in total. The van der Waals surface area contributed by atoms with Crippen molar-refractivity contribution in [2.45, 2.75) is 37.8 Å². The van der Waals surface area contributed by atoms with Crippen LogP contribution >= 0.6 is 11.3 Å². The number of hydrogen-bond acceptors (Lipinski definition) is 5. The zero-order valence-corrected chi connectivity index (χ0v) is 12.5. The number of methoxy groups -OCH3 is 1. The summed E-state index contributed by atoms with van der Waals surface area (Å²) in [6, 6.07) is 0. The van der Waals surface area contributed by atoms with E-state index in [0.29, 0.717) is 18.9 Å². The summed E-state index contributed by atoms with van der Waals surface area (Å²) in [6.07, 6.45) is 4.95. The number of ether oxygens (including phenoxy) is 1. The first-order valence-corrected chi connectivity index (χ1v) is 7.99. The van der Waals surface area contributed by atoms with Crippen LogP contribution in [0.3, 0.4) is 0 Å². The van der Waals surface area contributed by atoms with Crippen LogP contribution in [-0.2, 0) is 11.3 Å². The van der Waals surface area contributed by atoms with Crippen molar-refractivity contribution in [2.75, 3.05) is 20.3 Å². The third kappa shape index (κ3) is 3.03. The van der Waals surface area contributed by atoms with Crippen molar-refractivity contribution in [1.82, 2.24) is 14.7 Å². The van der Waals surface area contributed by atoms with Gasteiger partial charge in [-0.2, -0.15) is 0 Å². The minimum Gasteiger partial charge on any atom is -0.391 e. The van der Waals surface area contributed by atoms with Crippen LogP contribution < -0.4 is 5.32 Å². The molecule has 1 saturated carbocycles. The Bertz CT molecular complexity index is 562. The quantitative estimate of drug-likeness (QED) is 0.729. The van der Waals surface area contributed by atoms with Crippen molar-refractivity contribution in [3.63, 3.8) is 0 Å². The van der Waals surface area contributed by atoms with Gasteiger partial charge in [-0.15, -0.1) is 11.3 Å². The van der Waals surface area contributed by atoms with E-state index >= 15 is 0 Å². The third-order valence-electron chi connectivity index (χ3n) is 3.66. The van der Waals surface area contributed by atoms with Gasteiger partial charge in [-0.3, -0.25) is 4.40 Å². The standard InChI is InChI=1S/C14H21N3O2S/c1-19-9-11(18)4-5-15-8-12-13(10-2-3-10)16-14-17(12)6-7-20-14/h6-7,10-11,15,18H,2-5,8-9H2,1H3. The highest BCUT2D eigenvalue weighted by atomic mass is 32.1. The maximum atomic E-state index is 9.62. The van der Waals surface area contributed by atoms with Crippen molar-refractivity contribution >= 4 is 16.3 Å². The van der Waals surface area contributed by atoms with Gasteiger partial charge in [0.1, 0.15) is 0 Å². The summed E-state index contributed by atoms with van der Waals surface area (Å²) in [4.78, 5) is 5.84. The number of nitrogens with one attached hydrogen (secondary N) is 1. The lowest BCUT2D eigenvalue weighted by atomic mass is 10.2. The normalized spacial score (nSPS) is 16.9. The fraction of sp³-hybridized carbons (Fsp3) is 0.643. The molecule has 2 N–H and O–H groups in total. The molecule has 2 aromatic rings. The number of fused-ring (bicyclic) bond motifs is 1. The highest BCUT2D eigenvalue weighted by molar-refractivity contribution is 7.15. The van der Waals surface area contributed by atoms with Gasteiger partial charge < -0.3 is 15.2 Å². The Labute approximate surface area is 122 Å². The van der Waals surface area contributed by atoms with Crippen molar-refractivity contribution < 1.29 is 9.84 Å². The smallest absolute Gasteiger partial charge is 0.194 e. The predicted octanol–water partition coefficient (Wildman–Crippen LogP) is 1.76. The zero-order valence-electron chi connectivity index (χ0n) is 11.7. The molecule has 20 heavy (non-hydrogen) atoms. The molecule has 0 amide bonds. The zero-order chi connectivity index (χ0) is 13.9. The second kappa shape index (κ2) is 6.22. The summed E-state index contributed by atoms with van der Waals surface area (Å²) in [5.41, 5.74) is 2.55. The number of hydrogen-bond donors (Lipinski definition) is 2. The fourth-order valence-electron chi connectivity index (χ4n) is 2.46. The number of imidazole rings is 1. The number of nitrogens with zero attached hydrogens (tertiary/aromatic N) is 2. The van der Waals surface area contributed by atoms with Crippen LogP contribution in [0.5, 0.6) is 0 Å². The van der Waals surface area contributed by atoms with Gasteiger partial charge in [0.15, 0.2) is 4.96 Å². The molecule has 0 spiro atoms. The van der Waals surface area contributed by atoms with E-state index in [1.54, 1.807) is 18.4 Å². The number of aliphatic hydroxyl groups is 1. The summed E-state index contributed by atoms with van der Waals surface area (Å²) in [6.45, 7) is 1.99. The molecule has 1 aliphatic carbocycles. The Morgan fingerprint density at radius 2 is 2.45 bits per heavy atom. The summed E-state index contributed by atoms with van der Waals surface area (Å²) < 4.78 is 7.11. The lowest BCUT2D eigenvalue weighted by Gasteiger charge is -2.10. The Hall–Kier alpha value is -0.950. The molecular formula is C14H21N3O2S. The topological polar surface area (TPSA) is 58.8 Å². The molecule has 0 radical (unpaired) electrons. The van der Waals surface area contributed by atoms with Crippen LogP contribution in [0.4, 0.5) is 0 Å². The second-order valence-corrected chi connectivity index (χ2v) is 6.22. The lowest BCUT2D eigenvalue weighted by molar-refractivity contribution is 0.0594. The molecule has 110 valence electrons. The van der Waals surface area contributed by atoms with Gasteiger partial charge in [0, 0.05) is 31.1 Å². The van der Waals surface area contributed by atoms with E-state index in [2.05, 4.69) is 21.3 Å². The Kier molecular flexibility index (Phi) is 4.35. The molecule has 0 saturated heterocycles. The van der Waals surface area contributed by atoms with Gasteiger partial charge in [0.05, 0.1) is 24.1 Å². The molecule has 0 aromatic carbocycles. The van der Waals surface area contributed by atoms with E-state index in [4.69, 9.17) is 9.72 Å². The highest BCUT2D eigenvalue weighted by Crippen LogP contribution is 2.41. The molecule has 0 bridgehead atoms. The first-order chi connectivity index (χ1) is 9.79. The van der Waals surface area contributed by atoms with Crippen LogP contribution in [0.1, 0.15) is 36.6 Å². The van der Waals surface area contributed by atoms with E-state index in [9.17, 15) is 5.11 Å². The van der Waals surface area contributed by atoms with E-state index in [0.717, 1.165) is 18.1 Å². The molecule has 2 aromatic heterocycles. The molecule has 3 rings (SSSR count). The molecule has 2 heterocycles. The van der Waals surface area contributed by atoms with E-state index in [-0.39, 0.29) is 6.10 Å². The number of aromatic nitrogens is 2. The first-order valence-electron chi connectivity index (χ1n) is 7.11. The van der Waals surface area contributed by atoms with E-state index in [1.807, 2.05) is 0 Å². The van der Waals surface area contributed by atoms with E-state index < -0.39 is 0 Å². The molecule has 1 aliphatic rings. The maximum absolute atomic E-state index is 9.62. The molecule has 0 aliphatic heterocycles. The fourth-order valence-corrected chi connectivity index (χ4v) is 3.20. The van der Waals surface area contributed by atoms with Crippen LogP contribution in [0.2, 0.25) is 0 Å². The van der Waals surface area contributed by atoms with Gasteiger partial charge in [-0.1, -0.05) is 0 Å². The number of rotatable bonds is 8. The molecule has 6 heteroatoms. The van der Waals surface area contributed by atoms with Crippen LogP contribution in [-0.4, -0.2) is 40.9 Å². The summed E-state index contributed by atoms with van der Waals surface area (Å²) in [5.74, 6) is 0.665. The minimum absolute atomic E-state index is 0.387. The van der Waals surface area contributed by atoms with Gasteiger partial charge in [0.25, 0.3) is 0 Å². The largest absolute Gasteiger partial charge is 0.391 e. The first kappa shape index (κ1) is 14.0. The van der Waals surface area contributed by atoms with Crippen molar-refractivity contribution in [2.24, 2.45) is 0 Å². The van der Waals surface area contributed by atoms with Gasteiger partial charge >= 0.3 is 0 Å². The van der Waals surface area contributed by atoms with E-state index in [1.165, 1.54) is 24.2 Å². The van der Waals surface area contributed by atoms with Crippen molar-refractivity contribution in [3.8, 4) is 0 Å².